The van der Waals surface area contributed by atoms with Gasteiger partial charge in [-0.25, -0.2) is 4.79 Å². The molecule has 6 rings (SSSR count). The third kappa shape index (κ3) is 3.93. The molecule has 32 heavy (non-hydrogen) atoms. The third-order valence-electron chi connectivity index (χ3n) is 8.23. The zero-order valence-corrected chi connectivity index (χ0v) is 19.1. The lowest BCUT2D eigenvalue weighted by atomic mass is 9.49. The summed E-state index contributed by atoms with van der Waals surface area (Å²) in [5.74, 6) is 1.41. The van der Waals surface area contributed by atoms with E-state index in [4.69, 9.17) is 4.74 Å². The summed E-state index contributed by atoms with van der Waals surface area (Å²) in [6.45, 7) is 4.15. The number of anilines is 1. The lowest BCUT2D eigenvalue weighted by Gasteiger charge is -2.56. The van der Waals surface area contributed by atoms with Gasteiger partial charge >= 0.3 is 5.97 Å². The zero-order valence-electron chi connectivity index (χ0n) is 19.1. The second-order valence-corrected chi connectivity index (χ2v) is 10.8. The maximum Gasteiger partial charge on any atom is 0.329 e. The number of esters is 1. The molecule has 2 atom stereocenters. The molecule has 5 aliphatic rings. The van der Waals surface area contributed by atoms with E-state index in [2.05, 4.69) is 5.32 Å². The zero-order chi connectivity index (χ0) is 22.5. The number of rotatable bonds is 5. The highest BCUT2D eigenvalue weighted by molar-refractivity contribution is 5.96. The van der Waals surface area contributed by atoms with Gasteiger partial charge in [-0.05, 0) is 101 Å². The van der Waals surface area contributed by atoms with Crippen LogP contribution in [-0.4, -0.2) is 41.4 Å². The van der Waals surface area contributed by atoms with E-state index < -0.39 is 18.1 Å². The summed E-state index contributed by atoms with van der Waals surface area (Å²) >= 11 is 0. The molecule has 2 amide bonds. The lowest BCUT2D eigenvalue weighted by Crippen LogP contribution is -2.56. The Morgan fingerprint density at radius 2 is 1.75 bits per heavy atom. The topological polar surface area (TPSA) is 75.7 Å². The molecule has 0 spiro atoms. The fourth-order valence-corrected chi connectivity index (χ4v) is 7.21. The fraction of sp³-hybridized carbons (Fsp3) is 0.654. The van der Waals surface area contributed by atoms with E-state index in [-0.39, 0.29) is 17.2 Å². The second-order valence-electron chi connectivity index (χ2n) is 10.8. The molecule has 6 heteroatoms. The van der Waals surface area contributed by atoms with Gasteiger partial charge in [0.05, 0.1) is 5.41 Å². The van der Waals surface area contributed by atoms with E-state index in [0.29, 0.717) is 36.4 Å². The fourth-order valence-electron chi connectivity index (χ4n) is 7.21. The molecule has 0 unspecified atom stereocenters. The molecular weight excluding hydrogens is 404 g/mol. The van der Waals surface area contributed by atoms with Gasteiger partial charge in [0, 0.05) is 12.2 Å². The molecule has 1 aromatic rings. The summed E-state index contributed by atoms with van der Waals surface area (Å²) < 4.78 is 5.55. The number of carbonyl (C=O) groups excluding carboxylic acids is 3. The first-order chi connectivity index (χ1) is 15.3. The molecule has 172 valence electrons. The minimum absolute atomic E-state index is 0.174. The average Bonchev–Trinajstić information content (AvgIpc) is 3.22. The molecule has 1 N–H and O–H groups in total. The average molecular weight is 439 g/mol. The van der Waals surface area contributed by atoms with Crippen molar-refractivity contribution in [1.29, 1.82) is 0 Å². The number of nitrogens with zero attached hydrogens (tertiary/aromatic N) is 1. The standard InChI is InChI=1S/C26H34N2O4/c1-16-5-3-6-21(9-16)27-23(29)17(2)32-24(30)22-7-4-8-28(22)25(31)26-13-18-10-19(14-26)12-20(11-18)15-26/h3,5-6,9,17-20,22H,4,7-8,10-15H2,1-2H3,(H,27,29)/t17-,18?,19?,20?,22-,26?/m0/s1. The molecule has 6 nitrogen and oxygen atoms in total. The van der Waals surface area contributed by atoms with Gasteiger partial charge in [0.2, 0.25) is 5.91 Å². The lowest BCUT2D eigenvalue weighted by molar-refractivity contribution is -0.168. The van der Waals surface area contributed by atoms with Gasteiger partial charge in [-0.2, -0.15) is 0 Å². The van der Waals surface area contributed by atoms with E-state index >= 15 is 0 Å². The number of nitrogens with one attached hydrogen (secondary N) is 1. The first-order valence-corrected chi connectivity index (χ1v) is 12.2. The smallest absolute Gasteiger partial charge is 0.329 e. The summed E-state index contributed by atoms with van der Waals surface area (Å²) in [6.07, 6.45) is 7.33. The van der Waals surface area contributed by atoms with Crippen LogP contribution in [0.4, 0.5) is 5.69 Å². The minimum Gasteiger partial charge on any atom is -0.451 e. The first-order valence-electron chi connectivity index (χ1n) is 12.2. The summed E-state index contributed by atoms with van der Waals surface area (Å²) in [5, 5.41) is 2.80. The van der Waals surface area contributed by atoms with Gasteiger partial charge in [-0.15, -0.1) is 0 Å². The highest BCUT2D eigenvalue weighted by Gasteiger charge is 2.57. The quantitative estimate of drug-likeness (QED) is 0.703. The molecule has 5 fully saturated rings. The van der Waals surface area contributed by atoms with Gasteiger partial charge < -0.3 is 15.0 Å². The number of carbonyl (C=O) groups is 3. The molecular formula is C26H34N2O4. The van der Waals surface area contributed by atoms with E-state index in [1.54, 1.807) is 11.8 Å². The summed E-state index contributed by atoms with van der Waals surface area (Å²) in [6, 6.07) is 6.94. The Labute approximate surface area is 190 Å². The van der Waals surface area contributed by atoms with Gasteiger partial charge in [0.25, 0.3) is 5.91 Å². The maximum atomic E-state index is 13.7. The van der Waals surface area contributed by atoms with E-state index in [1.165, 1.54) is 19.3 Å². The molecule has 4 aliphatic carbocycles. The van der Waals surface area contributed by atoms with Crippen LogP contribution in [0.25, 0.3) is 0 Å². The minimum atomic E-state index is -0.917. The van der Waals surface area contributed by atoms with Gasteiger partial charge in [0.1, 0.15) is 6.04 Å². The largest absolute Gasteiger partial charge is 0.451 e. The van der Waals surface area contributed by atoms with Crippen LogP contribution in [0, 0.1) is 30.1 Å². The summed E-state index contributed by atoms with van der Waals surface area (Å²) in [4.78, 5) is 41.1. The van der Waals surface area contributed by atoms with Crippen LogP contribution >= 0.6 is 0 Å². The van der Waals surface area contributed by atoms with Crippen molar-refractivity contribution in [3.05, 3.63) is 29.8 Å². The van der Waals surface area contributed by atoms with Gasteiger partial charge in [-0.3, -0.25) is 9.59 Å². The number of likely N-dealkylation sites (tertiary alicyclic amines) is 1. The Balaban J connectivity index is 1.23. The van der Waals surface area contributed by atoms with Gasteiger partial charge in [-0.1, -0.05) is 12.1 Å². The molecule has 1 aliphatic heterocycles. The Hall–Kier alpha value is -2.37. The molecule has 4 saturated carbocycles. The van der Waals surface area contributed by atoms with Crippen molar-refractivity contribution >= 4 is 23.5 Å². The van der Waals surface area contributed by atoms with Crippen LogP contribution in [-0.2, 0) is 19.1 Å². The van der Waals surface area contributed by atoms with Crippen molar-refractivity contribution in [3.63, 3.8) is 0 Å². The number of hydrogen-bond donors (Lipinski definition) is 1. The van der Waals surface area contributed by atoms with Crippen molar-refractivity contribution in [1.82, 2.24) is 4.90 Å². The Kier molecular flexibility index (Phi) is 5.50. The van der Waals surface area contributed by atoms with Crippen LogP contribution in [0.5, 0.6) is 0 Å². The molecule has 1 heterocycles. The van der Waals surface area contributed by atoms with Crippen molar-refractivity contribution in [2.75, 3.05) is 11.9 Å². The molecule has 1 aromatic carbocycles. The predicted octanol–water partition coefficient (Wildman–Crippen LogP) is 4.07. The monoisotopic (exact) mass is 438 g/mol. The molecule has 0 aromatic heterocycles. The van der Waals surface area contributed by atoms with Crippen molar-refractivity contribution in [2.24, 2.45) is 23.2 Å². The maximum absolute atomic E-state index is 13.7. The van der Waals surface area contributed by atoms with Crippen molar-refractivity contribution < 1.29 is 19.1 Å². The van der Waals surface area contributed by atoms with Crippen LogP contribution in [0.2, 0.25) is 0 Å². The Bertz CT molecular complexity index is 891. The van der Waals surface area contributed by atoms with Gasteiger partial charge in [0.15, 0.2) is 6.10 Å². The second kappa shape index (κ2) is 8.20. The van der Waals surface area contributed by atoms with E-state index in [9.17, 15) is 14.4 Å². The number of amides is 2. The third-order valence-corrected chi connectivity index (χ3v) is 8.23. The highest BCUT2D eigenvalue weighted by atomic mass is 16.5. The van der Waals surface area contributed by atoms with Crippen molar-refractivity contribution in [3.8, 4) is 0 Å². The molecule has 1 saturated heterocycles. The highest BCUT2D eigenvalue weighted by Crippen LogP contribution is 2.60. The van der Waals surface area contributed by atoms with Crippen LogP contribution < -0.4 is 5.32 Å². The molecule has 0 radical (unpaired) electrons. The summed E-state index contributed by atoms with van der Waals surface area (Å²) in [5.41, 5.74) is 1.46. The van der Waals surface area contributed by atoms with Crippen LogP contribution in [0.1, 0.15) is 63.9 Å². The predicted molar refractivity (Wildman–Crippen MR) is 121 cm³/mol. The van der Waals surface area contributed by atoms with Crippen LogP contribution in [0.3, 0.4) is 0 Å². The first kappa shape index (κ1) is 21.5. The van der Waals surface area contributed by atoms with E-state index in [0.717, 1.165) is 31.2 Å². The normalized spacial score (nSPS) is 33.8. The SMILES string of the molecule is Cc1cccc(NC(=O)[C@H](C)OC(=O)[C@@H]2CCCN2C(=O)C23CC4CC(CC(C4)C2)C3)c1. The van der Waals surface area contributed by atoms with Crippen molar-refractivity contribution in [2.45, 2.75) is 77.4 Å². The molecule has 4 bridgehead atoms. The van der Waals surface area contributed by atoms with Crippen LogP contribution in [0.15, 0.2) is 24.3 Å². The number of hydrogen-bond acceptors (Lipinski definition) is 4. The number of benzene rings is 1. The number of aryl methyl sites for hydroxylation is 1. The van der Waals surface area contributed by atoms with E-state index in [1.807, 2.05) is 31.2 Å². The Morgan fingerprint density at radius 1 is 1.09 bits per heavy atom. The Morgan fingerprint density at radius 3 is 2.38 bits per heavy atom. The number of ether oxygens (including phenoxy) is 1. The summed E-state index contributed by atoms with van der Waals surface area (Å²) in [7, 11) is 0.